The van der Waals surface area contributed by atoms with Crippen molar-refractivity contribution in [1.29, 1.82) is 0 Å². The van der Waals surface area contributed by atoms with Crippen LogP contribution >= 0.6 is 23.7 Å². The Morgan fingerprint density at radius 1 is 1.56 bits per heavy atom. The Labute approximate surface area is 106 Å². The van der Waals surface area contributed by atoms with Crippen molar-refractivity contribution in [2.45, 2.75) is 31.8 Å². The minimum atomic E-state index is 0. The smallest absolute Gasteiger partial charge is 0.237 e. The second-order valence-electron chi connectivity index (χ2n) is 3.85. The summed E-state index contributed by atoms with van der Waals surface area (Å²) in [6, 6.07) is 2.07. The first-order chi connectivity index (χ1) is 7.36. The third-order valence-electron chi connectivity index (χ3n) is 2.67. The topological polar surface area (TPSA) is 41.1 Å². The van der Waals surface area contributed by atoms with Crippen molar-refractivity contribution in [3.8, 4) is 0 Å². The molecular weight excluding hydrogens is 244 g/mol. The monoisotopic (exact) mass is 260 g/mol. The molecule has 90 valence electrons. The van der Waals surface area contributed by atoms with Gasteiger partial charge in [0.15, 0.2) is 0 Å². The van der Waals surface area contributed by atoms with Gasteiger partial charge in [-0.05, 0) is 41.8 Å². The number of carbonyl (C=O) groups is 1. The Bertz CT molecular complexity index is 310. The van der Waals surface area contributed by atoms with Crippen molar-refractivity contribution in [3.63, 3.8) is 0 Å². The largest absolute Gasteiger partial charge is 0.351 e. The number of halogens is 1. The van der Waals surface area contributed by atoms with Crippen LogP contribution in [0.3, 0.4) is 0 Å². The molecule has 1 aliphatic heterocycles. The van der Waals surface area contributed by atoms with Crippen LogP contribution in [0, 0.1) is 0 Å². The van der Waals surface area contributed by atoms with E-state index in [1.54, 1.807) is 11.3 Å². The molecule has 0 saturated carbocycles. The fraction of sp³-hybridized carbons (Fsp3) is 0.545. The van der Waals surface area contributed by atoms with Crippen molar-refractivity contribution in [2.24, 2.45) is 0 Å². The summed E-state index contributed by atoms with van der Waals surface area (Å²) in [5, 5.41) is 10.3. The van der Waals surface area contributed by atoms with Gasteiger partial charge in [-0.15, -0.1) is 12.4 Å². The van der Waals surface area contributed by atoms with E-state index in [-0.39, 0.29) is 24.4 Å². The standard InChI is InChI=1S/C11H16N2OS.ClH/c14-11(10-3-1-2-5-12-10)13-7-9-4-6-15-8-9;/h4,6,8,10,12H,1-3,5,7H2,(H,13,14);1H/t10-;/m1./s1. The van der Waals surface area contributed by atoms with E-state index in [9.17, 15) is 4.79 Å². The molecule has 0 spiro atoms. The maximum absolute atomic E-state index is 11.7. The third-order valence-corrected chi connectivity index (χ3v) is 3.41. The predicted octanol–water partition coefficient (Wildman–Crippen LogP) is 1.93. The van der Waals surface area contributed by atoms with Gasteiger partial charge >= 0.3 is 0 Å². The molecule has 5 heteroatoms. The van der Waals surface area contributed by atoms with Crippen LogP contribution in [0.15, 0.2) is 16.8 Å². The first-order valence-corrected chi connectivity index (χ1v) is 6.33. The van der Waals surface area contributed by atoms with Gasteiger partial charge in [-0.2, -0.15) is 11.3 Å². The molecule has 1 aromatic heterocycles. The molecule has 0 bridgehead atoms. The molecule has 0 radical (unpaired) electrons. The van der Waals surface area contributed by atoms with Crippen LogP contribution in [0.4, 0.5) is 0 Å². The van der Waals surface area contributed by atoms with Crippen LogP contribution < -0.4 is 10.6 Å². The number of amides is 1. The molecular formula is C11H17ClN2OS. The van der Waals surface area contributed by atoms with E-state index in [4.69, 9.17) is 0 Å². The van der Waals surface area contributed by atoms with E-state index < -0.39 is 0 Å². The van der Waals surface area contributed by atoms with Crippen molar-refractivity contribution in [1.82, 2.24) is 10.6 Å². The predicted molar refractivity (Wildman–Crippen MR) is 69.1 cm³/mol. The summed E-state index contributed by atoms with van der Waals surface area (Å²) in [5.41, 5.74) is 1.18. The summed E-state index contributed by atoms with van der Waals surface area (Å²) in [6.07, 6.45) is 3.31. The van der Waals surface area contributed by atoms with E-state index in [0.29, 0.717) is 6.54 Å². The number of nitrogens with one attached hydrogen (secondary N) is 2. The molecule has 0 aliphatic carbocycles. The lowest BCUT2D eigenvalue weighted by Gasteiger charge is -2.22. The van der Waals surface area contributed by atoms with Gasteiger partial charge in [-0.25, -0.2) is 0 Å². The lowest BCUT2D eigenvalue weighted by atomic mass is 10.0. The van der Waals surface area contributed by atoms with Gasteiger partial charge in [0.2, 0.25) is 5.91 Å². The minimum Gasteiger partial charge on any atom is -0.351 e. The molecule has 1 amide bonds. The summed E-state index contributed by atoms with van der Waals surface area (Å²) in [6.45, 7) is 1.62. The van der Waals surface area contributed by atoms with Crippen LogP contribution in [0.1, 0.15) is 24.8 Å². The highest BCUT2D eigenvalue weighted by molar-refractivity contribution is 7.07. The highest BCUT2D eigenvalue weighted by Crippen LogP contribution is 2.08. The summed E-state index contributed by atoms with van der Waals surface area (Å²) in [7, 11) is 0. The van der Waals surface area contributed by atoms with Crippen molar-refractivity contribution in [3.05, 3.63) is 22.4 Å². The molecule has 2 rings (SSSR count). The van der Waals surface area contributed by atoms with E-state index in [0.717, 1.165) is 19.4 Å². The molecule has 1 saturated heterocycles. The van der Waals surface area contributed by atoms with E-state index in [1.165, 1.54) is 12.0 Å². The number of thiophene rings is 1. The first-order valence-electron chi connectivity index (χ1n) is 5.38. The summed E-state index contributed by atoms with van der Waals surface area (Å²) >= 11 is 1.66. The molecule has 0 unspecified atom stereocenters. The molecule has 1 aromatic rings. The Morgan fingerprint density at radius 2 is 2.44 bits per heavy atom. The van der Waals surface area contributed by atoms with E-state index in [2.05, 4.69) is 16.0 Å². The molecule has 1 aliphatic rings. The zero-order valence-electron chi connectivity index (χ0n) is 9.07. The van der Waals surface area contributed by atoms with Gasteiger partial charge < -0.3 is 10.6 Å². The Kier molecular flexibility index (Phi) is 5.80. The second kappa shape index (κ2) is 6.89. The minimum absolute atomic E-state index is 0. The van der Waals surface area contributed by atoms with Crippen LogP contribution in [0.25, 0.3) is 0 Å². The van der Waals surface area contributed by atoms with Crippen molar-refractivity contribution in [2.75, 3.05) is 6.54 Å². The van der Waals surface area contributed by atoms with Gasteiger partial charge in [0, 0.05) is 6.54 Å². The second-order valence-corrected chi connectivity index (χ2v) is 4.63. The molecule has 16 heavy (non-hydrogen) atoms. The SMILES string of the molecule is Cl.O=C(NCc1ccsc1)[C@H]1CCCCN1. The number of carbonyl (C=O) groups excluding carboxylic acids is 1. The molecule has 2 heterocycles. The lowest BCUT2D eigenvalue weighted by Crippen LogP contribution is -2.46. The molecule has 3 nitrogen and oxygen atoms in total. The molecule has 1 atom stereocenters. The first kappa shape index (κ1) is 13.5. The average molecular weight is 261 g/mol. The van der Waals surface area contributed by atoms with Gasteiger partial charge in [-0.3, -0.25) is 4.79 Å². The summed E-state index contributed by atoms with van der Waals surface area (Å²) in [5.74, 6) is 0.140. The zero-order chi connectivity index (χ0) is 10.5. The quantitative estimate of drug-likeness (QED) is 0.872. The maximum Gasteiger partial charge on any atom is 0.237 e. The number of hydrogen-bond acceptors (Lipinski definition) is 3. The Hall–Kier alpha value is -0.580. The van der Waals surface area contributed by atoms with Crippen LogP contribution in [0.2, 0.25) is 0 Å². The number of rotatable bonds is 3. The van der Waals surface area contributed by atoms with Crippen LogP contribution in [0.5, 0.6) is 0 Å². The fourth-order valence-electron chi connectivity index (χ4n) is 1.78. The number of piperidine rings is 1. The van der Waals surface area contributed by atoms with Crippen LogP contribution in [-0.2, 0) is 11.3 Å². The average Bonchev–Trinajstić information content (AvgIpc) is 2.80. The molecule has 0 aromatic carbocycles. The highest BCUT2D eigenvalue weighted by Gasteiger charge is 2.19. The van der Waals surface area contributed by atoms with Gasteiger partial charge in [0.1, 0.15) is 0 Å². The highest BCUT2D eigenvalue weighted by atomic mass is 35.5. The molecule has 2 N–H and O–H groups in total. The maximum atomic E-state index is 11.7. The van der Waals surface area contributed by atoms with Crippen LogP contribution in [-0.4, -0.2) is 18.5 Å². The zero-order valence-corrected chi connectivity index (χ0v) is 10.7. The normalized spacial score (nSPS) is 19.9. The van der Waals surface area contributed by atoms with Gasteiger partial charge in [0.25, 0.3) is 0 Å². The van der Waals surface area contributed by atoms with E-state index >= 15 is 0 Å². The fourth-order valence-corrected chi connectivity index (χ4v) is 2.45. The third kappa shape index (κ3) is 3.77. The van der Waals surface area contributed by atoms with Crippen molar-refractivity contribution < 1.29 is 4.79 Å². The number of hydrogen-bond donors (Lipinski definition) is 2. The van der Waals surface area contributed by atoms with Crippen molar-refractivity contribution >= 4 is 29.7 Å². The summed E-state index contributed by atoms with van der Waals surface area (Å²) in [4.78, 5) is 11.7. The summed E-state index contributed by atoms with van der Waals surface area (Å²) < 4.78 is 0. The Morgan fingerprint density at radius 3 is 3.06 bits per heavy atom. The van der Waals surface area contributed by atoms with E-state index in [1.807, 2.05) is 11.4 Å². The van der Waals surface area contributed by atoms with Gasteiger partial charge in [0.05, 0.1) is 6.04 Å². The Balaban J connectivity index is 0.00000128. The molecule has 1 fully saturated rings. The van der Waals surface area contributed by atoms with Gasteiger partial charge in [-0.1, -0.05) is 6.42 Å². The lowest BCUT2D eigenvalue weighted by molar-refractivity contribution is -0.123.